The second-order valence-corrected chi connectivity index (χ2v) is 11.1. The average molecular weight is 451 g/mol. The van der Waals surface area contributed by atoms with E-state index in [2.05, 4.69) is 61.6 Å². The van der Waals surface area contributed by atoms with Crippen molar-refractivity contribution in [3.63, 3.8) is 0 Å². The van der Waals surface area contributed by atoms with Gasteiger partial charge in [-0.05, 0) is 36.5 Å². The maximum Gasteiger partial charge on any atom is 0.0208 e. The summed E-state index contributed by atoms with van der Waals surface area (Å²) in [6.07, 6.45) is 25.6. The molecule has 0 saturated heterocycles. The van der Waals surface area contributed by atoms with E-state index in [0.717, 1.165) is 0 Å². The summed E-state index contributed by atoms with van der Waals surface area (Å²) in [6, 6.07) is 9.08. The fourth-order valence-electron chi connectivity index (χ4n) is 3.88. The fraction of sp³-hybridized carbons (Fsp3) is 0.786. The zero-order valence-electron chi connectivity index (χ0n) is 20.3. The molecule has 0 atom stereocenters. The zero-order chi connectivity index (χ0) is 21.5. The van der Waals surface area contributed by atoms with E-state index in [1.807, 2.05) is 0 Å². The third kappa shape index (κ3) is 16.6. The van der Waals surface area contributed by atoms with Crippen molar-refractivity contribution in [1.82, 2.24) is 0 Å². The van der Waals surface area contributed by atoms with Crippen LogP contribution in [0, 0.1) is 0 Å². The third-order valence-corrected chi connectivity index (χ3v) is 8.31. The van der Waals surface area contributed by atoms with E-state index in [0.29, 0.717) is 0 Å². The Bertz CT molecular complexity index is 428. The molecule has 0 aliphatic heterocycles. The van der Waals surface area contributed by atoms with Crippen molar-refractivity contribution in [2.75, 3.05) is 11.5 Å². The highest BCUT2D eigenvalue weighted by molar-refractivity contribution is 8.02. The number of hydrogen-bond donors (Lipinski definition) is 0. The van der Waals surface area contributed by atoms with Gasteiger partial charge in [-0.1, -0.05) is 129 Å². The lowest BCUT2D eigenvalue weighted by Crippen LogP contribution is -1.87. The van der Waals surface area contributed by atoms with Crippen LogP contribution in [0.1, 0.15) is 129 Å². The Kier molecular flexibility index (Phi) is 20.6. The molecule has 0 unspecified atom stereocenters. The van der Waals surface area contributed by atoms with Gasteiger partial charge in [-0.3, -0.25) is 0 Å². The summed E-state index contributed by atoms with van der Waals surface area (Å²) in [4.78, 5) is 3.02. The molecule has 0 bridgehead atoms. The number of rotatable bonds is 22. The molecule has 1 aromatic carbocycles. The second-order valence-electron chi connectivity index (χ2n) is 8.80. The van der Waals surface area contributed by atoms with Crippen molar-refractivity contribution < 1.29 is 0 Å². The Labute approximate surface area is 198 Å². The molecule has 0 heterocycles. The van der Waals surface area contributed by atoms with Crippen LogP contribution in [0.3, 0.4) is 0 Å². The average Bonchev–Trinajstić information content (AvgIpc) is 2.77. The van der Waals surface area contributed by atoms with E-state index in [-0.39, 0.29) is 0 Å². The third-order valence-electron chi connectivity index (χ3n) is 5.86. The Morgan fingerprint density at radius 2 is 0.733 bits per heavy atom. The second kappa shape index (κ2) is 22.1. The predicted molar refractivity (Wildman–Crippen MR) is 142 cm³/mol. The highest BCUT2D eigenvalue weighted by Crippen LogP contribution is 2.32. The molecule has 0 N–H and O–H groups in total. The van der Waals surface area contributed by atoms with E-state index in [4.69, 9.17) is 0 Å². The molecule has 0 radical (unpaired) electrons. The smallest absolute Gasteiger partial charge is 0.0208 e. The molecule has 0 saturated carbocycles. The Balaban J connectivity index is 2.02. The van der Waals surface area contributed by atoms with Crippen LogP contribution >= 0.6 is 23.5 Å². The zero-order valence-corrected chi connectivity index (χ0v) is 21.9. The summed E-state index contributed by atoms with van der Waals surface area (Å²) >= 11 is 4.16. The summed E-state index contributed by atoms with van der Waals surface area (Å²) in [6.45, 7) is 4.59. The first kappa shape index (κ1) is 28.0. The minimum atomic E-state index is 1.28. The molecule has 0 aliphatic rings. The number of hydrogen-bond acceptors (Lipinski definition) is 2. The van der Waals surface area contributed by atoms with E-state index in [9.17, 15) is 0 Å². The van der Waals surface area contributed by atoms with Crippen molar-refractivity contribution in [2.24, 2.45) is 0 Å². The van der Waals surface area contributed by atoms with Gasteiger partial charge < -0.3 is 0 Å². The maximum absolute atomic E-state index is 2.33. The lowest BCUT2D eigenvalue weighted by Gasteiger charge is -2.09. The van der Waals surface area contributed by atoms with Gasteiger partial charge in [0.25, 0.3) is 0 Å². The van der Waals surface area contributed by atoms with Crippen LogP contribution in [0.5, 0.6) is 0 Å². The van der Waals surface area contributed by atoms with Crippen LogP contribution in [0.25, 0.3) is 0 Å². The maximum atomic E-state index is 2.33. The molecule has 2 heteroatoms. The summed E-state index contributed by atoms with van der Waals surface area (Å²) in [5, 5.41) is 0. The van der Waals surface area contributed by atoms with Crippen LogP contribution in [-0.4, -0.2) is 11.5 Å². The lowest BCUT2D eigenvalue weighted by molar-refractivity contribution is 0.573. The summed E-state index contributed by atoms with van der Waals surface area (Å²) in [5.41, 5.74) is 0. The first-order chi connectivity index (χ1) is 14.9. The van der Waals surface area contributed by atoms with Crippen molar-refractivity contribution in [2.45, 2.75) is 139 Å². The van der Waals surface area contributed by atoms with Crippen LogP contribution < -0.4 is 0 Å². The van der Waals surface area contributed by atoms with E-state index in [1.165, 1.54) is 137 Å². The van der Waals surface area contributed by atoms with Crippen LogP contribution in [0.2, 0.25) is 0 Å². The number of thioether (sulfide) groups is 2. The van der Waals surface area contributed by atoms with E-state index < -0.39 is 0 Å². The topological polar surface area (TPSA) is 0 Å². The van der Waals surface area contributed by atoms with Gasteiger partial charge in [-0.15, -0.1) is 23.5 Å². The minimum absolute atomic E-state index is 1.28. The molecule has 0 aliphatic carbocycles. The number of unbranched alkanes of at least 4 members (excludes halogenated alkanes) is 16. The van der Waals surface area contributed by atoms with Crippen molar-refractivity contribution in [3.8, 4) is 0 Å². The summed E-state index contributed by atoms with van der Waals surface area (Å²) < 4.78 is 0. The molecular weight excluding hydrogens is 400 g/mol. The molecule has 30 heavy (non-hydrogen) atoms. The quantitative estimate of drug-likeness (QED) is 0.127. The Hall–Kier alpha value is -0.0800. The molecule has 0 aromatic heterocycles. The normalized spacial score (nSPS) is 11.3. The van der Waals surface area contributed by atoms with E-state index in [1.54, 1.807) is 0 Å². The van der Waals surface area contributed by atoms with Crippen molar-refractivity contribution >= 4 is 23.5 Å². The molecule has 174 valence electrons. The Morgan fingerprint density at radius 3 is 1.07 bits per heavy atom. The van der Waals surface area contributed by atoms with Gasteiger partial charge in [0.2, 0.25) is 0 Å². The highest BCUT2D eigenvalue weighted by atomic mass is 32.2. The van der Waals surface area contributed by atoms with Crippen molar-refractivity contribution in [1.29, 1.82) is 0 Å². The largest absolute Gasteiger partial charge is 0.125 e. The molecular formula is C28H50S2. The van der Waals surface area contributed by atoms with Gasteiger partial charge >= 0.3 is 0 Å². The highest BCUT2D eigenvalue weighted by Gasteiger charge is 2.03. The molecule has 0 fully saturated rings. The number of benzene rings is 1. The summed E-state index contributed by atoms with van der Waals surface area (Å²) in [7, 11) is 0. The van der Waals surface area contributed by atoms with Gasteiger partial charge in [0.15, 0.2) is 0 Å². The standard InChI is InChI=1S/C28H50S2/c1-3-5-7-9-11-13-15-17-21-25-29-27-23-19-20-24-28(27)30-26-22-18-16-14-12-10-8-6-4-2/h19-20,23-24H,3-18,21-22,25-26H2,1-2H3. The molecule has 0 nitrogen and oxygen atoms in total. The SMILES string of the molecule is CCCCCCCCCCCSc1ccccc1SCCCCCCCCCCC. The van der Waals surface area contributed by atoms with Gasteiger partial charge in [0.1, 0.15) is 0 Å². The Morgan fingerprint density at radius 1 is 0.433 bits per heavy atom. The van der Waals surface area contributed by atoms with Crippen molar-refractivity contribution in [3.05, 3.63) is 24.3 Å². The van der Waals surface area contributed by atoms with Crippen LogP contribution in [-0.2, 0) is 0 Å². The predicted octanol–water partition coefficient (Wildman–Crippen LogP) is 10.9. The van der Waals surface area contributed by atoms with Gasteiger partial charge in [0, 0.05) is 9.79 Å². The molecule has 1 rings (SSSR count). The monoisotopic (exact) mass is 450 g/mol. The first-order valence-corrected chi connectivity index (χ1v) is 15.2. The fourth-order valence-corrected chi connectivity index (χ4v) is 6.14. The first-order valence-electron chi connectivity index (χ1n) is 13.2. The van der Waals surface area contributed by atoms with Gasteiger partial charge in [-0.2, -0.15) is 0 Å². The molecule has 1 aromatic rings. The minimum Gasteiger partial charge on any atom is -0.125 e. The molecule has 0 amide bonds. The van der Waals surface area contributed by atoms with Crippen LogP contribution in [0.4, 0.5) is 0 Å². The van der Waals surface area contributed by atoms with E-state index >= 15 is 0 Å². The van der Waals surface area contributed by atoms with Crippen LogP contribution in [0.15, 0.2) is 34.1 Å². The van der Waals surface area contributed by atoms with Gasteiger partial charge in [0.05, 0.1) is 0 Å². The molecule has 0 spiro atoms. The lowest BCUT2D eigenvalue weighted by atomic mass is 10.1. The summed E-state index contributed by atoms with van der Waals surface area (Å²) in [5.74, 6) is 2.57. The van der Waals surface area contributed by atoms with Gasteiger partial charge in [-0.25, -0.2) is 0 Å².